The van der Waals surface area contributed by atoms with Crippen molar-refractivity contribution in [3.63, 3.8) is 0 Å². The second-order valence-corrected chi connectivity index (χ2v) is 8.03. The van der Waals surface area contributed by atoms with E-state index in [1.54, 1.807) is 36.7 Å². The summed E-state index contributed by atoms with van der Waals surface area (Å²) in [7, 11) is 0. The lowest BCUT2D eigenvalue weighted by Gasteiger charge is -2.38. The molecule has 4 aromatic carbocycles. The molecule has 172 valence electrons. The molecule has 5 aromatic rings. The lowest BCUT2D eigenvalue weighted by atomic mass is 9.76. The number of rotatable bonds is 8. The summed E-state index contributed by atoms with van der Waals surface area (Å²) in [5.74, 6) is 0.587. The smallest absolute Gasteiger partial charge is 0.413 e. The first-order valence-electron chi connectivity index (χ1n) is 11.3. The molecule has 6 nitrogen and oxygen atoms in total. The molecule has 0 saturated heterocycles. The molecule has 0 aliphatic rings. The average molecular weight is 462 g/mol. The number of benzene rings is 4. The second kappa shape index (κ2) is 9.65. The highest BCUT2D eigenvalue weighted by atomic mass is 16.7. The zero-order chi connectivity index (χ0) is 24.1. The molecular weight excluding hydrogens is 438 g/mol. The number of imidazole rings is 1. The van der Waals surface area contributed by atoms with Crippen molar-refractivity contribution >= 4 is 0 Å². The topological polar surface area (TPSA) is 70.2 Å². The number of hydrogen-bond donors (Lipinski definition) is 0. The second-order valence-electron chi connectivity index (χ2n) is 8.03. The van der Waals surface area contributed by atoms with Crippen LogP contribution in [0, 0.1) is 10.1 Å². The molecular formula is C29H23N3O3. The van der Waals surface area contributed by atoms with Gasteiger partial charge >= 0.3 is 6.23 Å². The van der Waals surface area contributed by atoms with Crippen LogP contribution in [-0.2, 0) is 5.54 Å². The number of aromatic nitrogens is 2. The van der Waals surface area contributed by atoms with Gasteiger partial charge in [0.05, 0.1) is 4.92 Å². The third-order valence-corrected chi connectivity index (χ3v) is 6.01. The van der Waals surface area contributed by atoms with Gasteiger partial charge in [0.15, 0.2) is 0 Å². The molecule has 6 heteroatoms. The molecule has 0 saturated carbocycles. The van der Waals surface area contributed by atoms with Gasteiger partial charge in [-0.1, -0.05) is 109 Å². The monoisotopic (exact) mass is 461 g/mol. The van der Waals surface area contributed by atoms with Crippen molar-refractivity contribution in [2.24, 2.45) is 0 Å². The Morgan fingerprint density at radius 2 is 1.14 bits per heavy atom. The van der Waals surface area contributed by atoms with Gasteiger partial charge in [0.25, 0.3) is 0 Å². The Balaban J connectivity index is 1.80. The summed E-state index contributed by atoms with van der Waals surface area (Å²) in [6, 6.07) is 38.7. The fraction of sp³-hybridized carbons (Fsp3) is 0.0690. The van der Waals surface area contributed by atoms with Crippen molar-refractivity contribution in [2.75, 3.05) is 0 Å². The van der Waals surface area contributed by atoms with Crippen molar-refractivity contribution in [2.45, 2.75) is 11.8 Å². The van der Waals surface area contributed by atoms with Crippen LogP contribution in [0.2, 0.25) is 0 Å². The summed E-state index contributed by atoms with van der Waals surface area (Å²) in [5.41, 5.74) is 1.90. The Kier molecular flexibility index (Phi) is 6.09. The van der Waals surface area contributed by atoms with Crippen LogP contribution >= 0.6 is 0 Å². The molecule has 1 heterocycles. The molecule has 0 bridgehead atoms. The van der Waals surface area contributed by atoms with E-state index >= 15 is 0 Å². The molecule has 1 aromatic heterocycles. The van der Waals surface area contributed by atoms with Crippen LogP contribution < -0.4 is 4.74 Å². The number of ether oxygens (including phenoxy) is 1. The van der Waals surface area contributed by atoms with Crippen LogP contribution in [-0.4, -0.2) is 14.5 Å². The third kappa shape index (κ3) is 4.06. The number of nitrogens with zero attached hydrogens (tertiary/aromatic N) is 3. The Hall–Kier alpha value is -4.71. The Morgan fingerprint density at radius 1 is 0.714 bits per heavy atom. The summed E-state index contributed by atoms with van der Waals surface area (Å²) in [6.07, 6.45) is 1.86. The quantitative estimate of drug-likeness (QED) is 0.122. The third-order valence-electron chi connectivity index (χ3n) is 6.01. The lowest BCUT2D eigenvalue weighted by Crippen LogP contribution is -2.40. The molecule has 0 radical (unpaired) electrons. The lowest BCUT2D eigenvalue weighted by molar-refractivity contribution is -0.572. The largest absolute Gasteiger partial charge is 0.424 e. The summed E-state index contributed by atoms with van der Waals surface area (Å²) in [4.78, 5) is 16.3. The fourth-order valence-corrected chi connectivity index (χ4v) is 4.55. The van der Waals surface area contributed by atoms with E-state index in [1.165, 1.54) is 0 Å². The maximum absolute atomic E-state index is 12.3. The van der Waals surface area contributed by atoms with Crippen molar-refractivity contribution < 1.29 is 9.66 Å². The summed E-state index contributed by atoms with van der Waals surface area (Å²) < 4.78 is 7.75. The zero-order valence-electron chi connectivity index (χ0n) is 18.8. The minimum atomic E-state index is -1.51. The van der Waals surface area contributed by atoms with E-state index in [2.05, 4.69) is 4.98 Å². The first-order valence-corrected chi connectivity index (χ1v) is 11.3. The van der Waals surface area contributed by atoms with E-state index in [1.807, 2.05) is 102 Å². The van der Waals surface area contributed by atoms with E-state index in [9.17, 15) is 10.1 Å². The minimum Gasteiger partial charge on any atom is -0.424 e. The molecule has 0 fully saturated rings. The van der Waals surface area contributed by atoms with Crippen LogP contribution in [0.15, 0.2) is 134 Å². The van der Waals surface area contributed by atoms with Crippen LogP contribution in [0.25, 0.3) is 0 Å². The average Bonchev–Trinajstić information content (AvgIpc) is 3.40. The number of hydrogen-bond acceptors (Lipinski definition) is 4. The predicted octanol–water partition coefficient (Wildman–Crippen LogP) is 6.08. The standard InChI is InChI=1S/C29H23N3O3/c33-32(34)28(35-26-19-11-4-12-20-26)27-30-21-22-31(27)29(23-13-5-1-6-14-23,24-15-7-2-8-16-24)25-17-9-3-10-18-25/h1-22,28H. The Labute approximate surface area is 203 Å². The maximum Gasteiger partial charge on any atom is 0.413 e. The molecule has 0 spiro atoms. The molecule has 35 heavy (non-hydrogen) atoms. The SMILES string of the molecule is O=[N+]([O-])C(Oc1ccccc1)c1nccn1C(c1ccccc1)(c1ccccc1)c1ccccc1. The van der Waals surface area contributed by atoms with Gasteiger partial charge in [-0.25, -0.2) is 4.98 Å². The highest BCUT2D eigenvalue weighted by Crippen LogP contribution is 2.42. The van der Waals surface area contributed by atoms with Gasteiger partial charge in [0.2, 0.25) is 5.82 Å². The molecule has 1 atom stereocenters. The van der Waals surface area contributed by atoms with E-state index in [0.29, 0.717) is 5.75 Å². The van der Waals surface area contributed by atoms with Crippen LogP contribution in [0.3, 0.4) is 0 Å². The van der Waals surface area contributed by atoms with Gasteiger partial charge < -0.3 is 9.30 Å². The summed E-state index contributed by atoms with van der Waals surface area (Å²) in [5, 5.41) is 12.3. The fourth-order valence-electron chi connectivity index (χ4n) is 4.55. The van der Waals surface area contributed by atoms with E-state index in [0.717, 1.165) is 16.7 Å². The van der Waals surface area contributed by atoms with Crippen molar-refractivity contribution in [1.82, 2.24) is 9.55 Å². The Bertz CT molecular complexity index is 1290. The number of para-hydroxylation sites is 1. The highest BCUT2D eigenvalue weighted by Gasteiger charge is 2.43. The summed E-state index contributed by atoms with van der Waals surface area (Å²) >= 11 is 0. The van der Waals surface area contributed by atoms with E-state index < -0.39 is 16.7 Å². The van der Waals surface area contributed by atoms with Crippen LogP contribution in [0.1, 0.15) is 28.7 Å². The maximum atomic E-state index is 12.3. The van der Waals surface area contributed by atoms with Gasteiger partial charge in [-0.3, -0.25) is 10.1 Å². The minimum absolute atomic E-state index is 0.190. The molecule has 5 rings (SSSR count). The molecule has 0 N–H and O–H groups in total. The normalized spacial score (nSPS) is 12.1. The molecule has 0 aliphatic heterocycles. The van der Waals surface area contributed by atoms with Crippen molar-refractivity contribution in [1.29, 1.82) is 0 Å². The van der Waals surface area contributed by atoms with Gasteiger partial charge in [-0.2, -0.15) is 0 Å². The Morgan fingerprint density at radius 3 is 1.57 bits per heavy atom. The van der Waals surface area contributed by atoms with Gasteiger partial charge in [-0.15, -0.1) is 0 Å². The van der Waals surface area contributed by atoms with Crippen molar-refractivity contribution in [3.05, 3.63) is 166 Å². The molecule has 0 aliphatic carbocycles. The van der Waals surface area contributed by atoms with E-state index in [4.69, 9.17) is 4.74 Å². The zero-order valence-corrected chi connectivity index (χ0v) is 18.8. The van der Waals surface area contributed by atoms with Crippen molar-refractivity contribution in [3.8, 4) is 5.75 Å². The number of nitro groups is 1. The molecule has 1 unspecified atom stereocenters. The van der Waals surface area contributed by atoms with Crippen LogP contribution in [0.4, 0.5) is 0 Å². The van der Waals surface area contributed by atoms with E-state index in [-0.39, 0.29) is 5.82 Å². The van der Waals surface area contributed by atoms with Gasteiger partial charge in [0.1, 0.15) is 11.3 Å². The predicted molar refractivity (Wildman–Crippen MR) is 134 cm³/mol. The van der Waals surface area contributed by atoms with Gasteiger partial charge in [-0.05, 0) is 28.8 Å². The first-order chi connectivity index (χ1) is 17.2. The van der Waals surface area contributed by atoms with Gasteiger partial charge in [0, 0.05) is 12.4 Å². The van der Waals surface area contributed by atoms with Crippen LogP contribution in [0.5, 0.6) is 5.75 Å². The summed E-state index contributed by atoms with van der Waals surface area (Å²) in [6.45, 7) is 0. The highest BCUT2D eigenvalue weighted by molar-refractivity contribution is 5.51. The molecule has 0 amide bonds. The first kappa shape index (κ1) is 22.1.